The molecule has 1 unspecified atom stereocenters. The van der Waals surface area contributed by atoms with E-state index in [0.717, 1.165) is 10.7 Å². The molecule has 0 amide bonds. The molecule has 1 aliphatic heterocycles. The SMILES string of the molecule is O=C(S)[C@@H]1CCCN1S(=O)[O-]. The van der Waals surface area contributed by atoms with Crippen molar-refractivity contribution in [1.82, 2.24) is 4.31 Å². The highest BCUT2D eigenvalue weighted by Gasteiger charge is 2.29. The smallest absolute Gasteiger partial charge is 0.204 e. The fourth-order valence-electron chi connectivity index (χ4n) is 1.17. The topological polar surface area (TPSA) is 60.4 Å². The Morgan fingerprint density at radius 3 is 2.73 bits per heavy atom. The molecule has 1 fully saturated rings. The molecular formula is C5H8NO3S2-. The average Bonchev–Trinajstić information content (AvgIpc) is 2.32. The summed E-state index contributed by atoms with van der Waals surface area (Å²) < 4.78 is 22.0. The predicted molar refractivity (Wildman–Crippen MR) is 42.6 cm³/mol. The molecule has 0 saturated carbocycles. The Balaban J connectivity index is 2.65. The number of hydrogen-bond acceptors (Lipinski definition) is 3. The molecule has 1 saturated heterocycles. The van der Waals surface area contributed by atoms with Crippen LogP contribution in [-0.4, -0.2) is 30.8 Å². The van der Waals surface area contributed by atoms with Crippen LogP contribution >= 0.6 is 12.6 Å². The molecule has 1 aliphatic rings. The molecule has 6 heteroatoms. The van der Waals surface area contributed by atoms with Gasteiger partial charge in [-0.25, -0.2) is 4.31 Å². The van der Waals surface area contributed by atoms with E-state index >= 15 is 0 Å². The third-order valence-electron chi connectivity index (χ3n) is 1.68. The van der Waals surface area contributed by atoms with Crippen LogP contribution in [0.3, 0.4) is 0 Å². The second-order valence-corrected chi connectivity index (χ2v) is 3.70. The number of hydrogen-bond donors (Lipinski definition) is 1. The van der Waals surface area contributed by atoms with Gasteiger partial charge in [-0.1, -0.05) is 0 Å². The molecule has 0 aromatic carbocycles. The predicted octanol–water partition coefficient (Wildman–Crippen LogP) is -0.299. The first-order valence-electron chi connectivity index (χ1n) is 3.21. The summed E-state index contributed by atoms with van der Waals surface area (Å²) in [5.41, 5.74) is 0. The van der Waals surface area contributed by atoms with Crippen LogP contribution in [0.2, 0.25) is 0 Å². The van der Waals surface area contributed by atoms with Gasteiger partial charge in [-0.05, 0) is 12.8 Å². The maximum atomic E-state index is 10.7. The van der Waals surface area contributed by atoms with E-state index in [-0.39, 0.29) is 5.12 Å². The highest BCUT2D eigenvalue weighted by molar-refractivity contribution is 7.96. The zero-order valence-corrected chi connectivity index (χ0v) is 7.44. The first kappa shape index (κ1) is 9.18. The van der Waals surface area contributed by atoms with Gasteiger partial charge in [0, 0.05) is 17.8 Å². The van der Waals surface area contributed by atoms with E-state index < -0.39 is 17.3 Å². The molecule has 0 aromatic heterocycles. The third kappa shape index (κ3) is 2.02. The molecule has 11 heavy (non-hydrogen) atoms. The minimum absolute atomic E-state index is 0.369. The van der Waals surface area contributed by atoms with Crippen molar-refractivity contribution in [2.45, 2.75) is 18.9 Å². The van der Waals surface area contributed by atoms with Gasteiger partial charge in [0.1, 0.15) is 0 Å². The van der Waals surface area contributed by atoms with Crippen LogP contribution in [0, 0.1) is 0 Å². The standard InChI is InChI=1S/C5H9NO3S2/c7-5(10)4-2-1-3-6(4)11(8)9/h4H,1-3H2,(H,7,10)(H,8,9)/p-1/t4-/m0/s1. The molecule has 0 aliphatic carbocycles. The largest absolute Gasteiger partial charge is 0.760 e. The highest BCUT2D eigenvalue weighted by Crippen LogP contribution is 2.19. The van der Waals surface area contributed by atoms with Crippen molar-refractivity contribution in [1.29, 1.82) is 0 Å². The maximum absolute atomic E-state index is 10.7. The molecular weight excluding hydrogens is 186 g/mol. The number of nitrogens with zero attached hydrogens (tertiary/aromatic N) is 1. The van der Waals surface area contributed by atoms with Crippen molar-refractivity contribution in [3.8, 4) is 0 Å². The van der Waals surface area contributed by atoms with Gasteiger partial charge in [0.15, 0.2) is 0 Å². The van der Waals surface area contributed by atoms with Gasteiger partial charge >= 0.3 is 0 Å². The third-order valence-corrected chi connectivity index (χ3v) is 2.80. The lowest BCUT2D eigenvalue weighted by Crippen LogP contribution is -2.35. The normalized spacial score (nSPS) is 28.7. The highest BCUT2D eigenvalue weighted by atomic mass is 32.2. The van der Waals surface area contributed by atoms with Crippen molar-refractivity contribution in [3.05, 3.63) is 0 Å². The molecule has 0 spiro atoms. The van der Waals surface area contributed by atoms with E-state index in [9.17, 15) is 13.6 Å². The minimum Gasteiger partial charge on any atom is -0.760 e. The molecule has 0 N–H and O–H groups in total. The summed E-state index contributed by atoms with van der Waals surface area (Å²) in [6.07, 6.45) is 1.33. The van der Waals surface area contributed by atoms with E-state index in [4.69, 9.17) is 0 Å². The summed E-state index contributed by atoms with van der Waals surface area (Å²) >= 11 is 1.32. The van der Waals surface area contributed by atoms with E-state index in [1.807, 2.05) is 0 Å². The maximum Gasteiger partial charge on any atom is 0.204 e. The Hall–Kier alpha value is 0.0900. The first-order valence-corrected chi connectivity index (χ1v) is 4.69. The summed E-state index contributed by atoms with van der Waals surface area (Å²) in [4.78, 5) is 10.7. The lowest BCUT2D eigenvalue weighted by molar-refractivity contribution is -0.113. The Morgan fingerprint density at radius 2 is 2.36 bits per heavy atom. The molecule has 0 radical (unpaired) electrons. The van der Waals surface area contributed by atoms with Crippen molar-refractivity contribution < 1.29 is 13.6 Å². The number of carbonyl (C=O) groups excluding carboxylic acids is 1. The van der Waals surface area contributed by atoms with Gasteiger partial charge in [-0.3, -0.25) is 9.00 Å². The Morgan fingerprint density at radius 1 is 1.73 bits per heavy atom. The molecule has 64 valence electrons. The molecule has 1 rings (SSSR count). The van der Waals surface area contributed by atoms with Crippen LogP contribution in [-0.2, 0) is 16.1 Å². The molecule has 2 atom stereocenters. The fraction of sp³-hybridized carbons (Fsp3) is 0.800. The van der Waals surface area contributed by atoms with Crippen molar-refractivity contribution >= 4 is 29.0 Å². The zero-order valence-electron chi connectivity index (χ0n) is 5.73. The van der Waals surface area contributed by atoms with E-state index in [0.29, 0.717) is 13.0 Å². The summed E-state index contributed by atoms with van der Waals surface area (Å²) in [6.45, 7) is 0.438. The van der Waals surface area contributed by atoms with E-state index in [1.54, 1.807) is 0 Å². The summed E-state index contributed by atoms with van der Waals surface area (Å²) in [7, 11) is 0. The van der Waals surface area contributed by atoms with Crippen LogP contribution in [0.4, 0.5) is 0 Å². The van der Waals surface area contributed by atoms with Gasteiger partial charge in [-0.15, -0.1) is 12.6 Å². The molecule has 0 aromatic rings. The van der Waals surface area contributed by atoms with Crippen LogP contribution < -0.4 is 0 Å². The van der Waals surface area contributed by atoms with Gasteiger partial charge in [-0.2, -0.15) is 0 Å². The van der Waals surface area contributed by atoms with E-state index in [1.165, 1.54) is 0 Å². The second kappa shape index (κ2) is 3.66. The Labute approximate surface area is 72.8 Å². The van der Waals surface area contributed by atoms with Gasteiger partial charge in [0.25, 0.3) is 0 Å². The fourth-order valence-corrected chi connectivity index (χ4v) is 2.20. The summed E-state index contributed by atoms with van der Waals surface area (Å²) in [5.74, 6) is 0. The van der Waals surface area contributed by atoms with Crippen molar-refractivity contribution in [2.24, 2.45) is 0 Å². The van der Waals surface area contributed by atoms with Gasteiger partial charge < -0.3 is 4.55 Å². The quantitative estimate of drug-likeness (QED) is 0.485. The van der Waals surface area contributed by atoms with Crippen LogP contribution in [0.25, 0.3) is 0 Å². The number of rotatable bonds is 2. The summed E-state index contributed by atoms with van der Waals surface area (Å²) in [5, 5.41) is -0.369. The van der Waals surface area contributed by atoms with Crippen molar-refractivity contribution in [3.63, 3.8) is 0 Å². The first-order chi connectivity index (χ1) is 5.13. The molecule has 1 heterocycles. The summed E-state index contributed by atoms with van der Waals surface area (Å²) in [6, 6.07) is -0.531. The second-order valence-electron chi connectivity index (χ2n) is 2.35. The molecule has 0 bridgehead atoms. The zero-order chi connectivity index (χ0) is 8.43. The van der Waals surface area contributed by atoms with E-state index in [2.05, 4.69) is 12.6 Å². The monoisotopic (exact) mass is 194 g/mol. The Bertz CT molecular complexity index is 176. The number of thiol groups is 1. The molecule has 4 nitrogen and oxygen atoms in total. The lowest BCUT2D eigenvalue weighted by Gasteiger charge is -2.23. The van der Waals surface area contributed by atoms with Crippen LogP contribution in [0.5, 0.6) is 0 Å². The van der Waals surface area contributed by atoms with Crippen LogP contribution in [0.15, 0.2) is 0 Å². The Kier molecular flexibility index (Phi) is 3.06. The van der Waals surface area contributed by atoms with Crippen molar-refractivity contribution in [2.75, 3.05) is 6.54 Å². The van der Waals surface area contributed by atoms with Gasteiger partial charge in [0.05, 0.1) is 6.04 Å². The van der Waals surface area contributed by atoms with Crippen LogP contribution in [0.1, 0.15) is 12.8 Å². The minimum atomic E-state index is -2.28. The van der Waals surface area contributed by atoms with Gasteiger partial charge in [0.2, 0.25) is 5.12 Å². The lowest BCUT2D eigenvalue weighted by atomic mass is 10.2. The average molecular weight is 194 g/mol. The number of carbonyl (C=O) groups is 1.